The minimum atomic E-state index is -3.95. The first kappa shape index (κ1) is 16.5. The zero-order valence-electron chi connectivity index (χ0n) is 11.8. The fourth-order valence-corrected chi connectivity index (χ4v) is 3.83. The van der Waals surface area contributed by atoms with E-state index in [1.807, 2.05) is 0 Å². The van der Waals surface area contributed by atoms with E-state index >= 15 is 0 Å². The van der Waals surface area contributed by atoms with Crippen LogP contribution in [0.1, 0.15) is 34.6 Å². The molecule has 0 saturated carbocycles. The number of benzene rings is 1. The molecule has 1 atom stereocenters. The van der Waals surface area contributed by atoms with Crippen LogP contribution in [-0.2, 0) is 10.0 Å². The summed E-state index contributed by atoms with van der Waals surface area (Å²) in [5, 5.41) is 9.16. The van der Waals surface area contributed by atoms with E-state index in [2.05, 4.69) is 4.72 Å². The molecule has 0 fully saturated rings. The fraction of sp³-hybridized carbons (Fsp3) is 0.214. The lowest BCUT2D eigenvalue weighted by atomic mass is 10.1. The third-order valence-corrected chi connectivity index (χ3v) is 5.03. The highest BCUT2D eigenvalue weighted by molar-refractivity contribution is 7.89. The number of furan rings is 1. The number of carbonyl (C=O) groups is 1. The van der Waals surface area contributed by atoms with Gasteiger partial charge in [0.05, 0.1) is 22.8 Å². The van der Waals surface area contributed by atoms with Crippen molar-refractivity contribution in [2.45, 2.75) is 24.8 Å². The number of sulfonamides is 1. The van der Waals surface area contributed by atoms with E-state index in [0.717, 1.165) is 0 Å². The third-order valence-electron chi connectivity index (χ3n) is 3.15. The molecule has 1 aromatic carbocycles. The maximum absolute atomic E-state index is 12.5. The number of carboxylic acid groups (broad SMARTS) is 1. The predicted octanol–water partition coefficient (Wildman–Crippen LogP) is 2.98. The van der Waals surface area contributed by atoms with Gasteiger partial charge in [-0.2, -0.15) is 0 Å². The number of aromatic carboxylic acids is 1. The molecule has 1 heterocycles. The maximum atomic E-state index is 12.5. The number of hydrogen-bond acceptors (Lipinski definition) is 4. The summed E-state index contributed by atoms with van der Waals surface area (Å²) in [6.45, 7) is 3.04. The largest absolute Gasteiger partial charge is 0.478 e. The molecule has 118 valence electrons. The summed E-state index contributed by atoms with van der Waals surface area (Å²) in [4.78, 5) is 11.0. The average Bonchev–Trinajstić information content (AvgIpc) is 2.94. The van der Waals surface area contributed by atoms with Gasteiger partial charge < -0.3 is 9.52 Å². The minimum absolute atomic E-state index is 0.0361. The Morgan fingerprint density at radius 2 is 2.09 bits per heavy atom. The molecule has 0 radical (unpaired) electrons. The van der Waals surface area contributed by atoms with Crippen LogP contribution in [0.25, 0.3) is 0 Å². The molecule has 2 rings (SSSR count). The molecule has 0 bridgehead atoms. The van der Waals surface area contributed by atoms with Gasteiger partial charge in [0.1, 0.15) is 5.76 Å². The molecular weight excluding hydrogens is 330 g/mol. The van der Waals surface area contributed by atoms with E-state index in [1.54, 1.807) is 19.1 Å². The van der Waals surface area contributed by atoms with Crippen molar-refractivity contribution in [3.8, 4) is 0 Å². The van der Waals surface area contributed by atoms with Crippen molar-refractivity contribution in [3.63, 3.8) is 0 Å². The molecule has 6 nitrogen and oxygen atoms in total. The van der Waals surface area contributed by atoms with Crippen LogP contribution < -0.4 is 4.72 Å². The van der Waals surface area contributed by atoms with E-state index in [-0.39, 0.29) is 21.0 Å². The maximum Gasteiger partial charge on any atom is 0.336 e. The van der Waals surface area contributed by atoms with Crippen LogP contribution in [0.5, 0.6) is 0 Å². The number of halogens is 1. The van der Waals surface area contributed by atoms with Crippen LogP contribution in [-0.4, -0.2) is 19.5 Å². The second-order valence-electron chi connectivity index (χ2n) is 4.74. The van der Waals surface area contributed by atoms with Crippen molar-refractivity contribution in [1.29, 1.82) is 0 Å². The summed E-state index contributed by atoms with van der Waals surface area (Å²) in [7, 11) is -3.95. The molecule has 0 saturated heterocycles. The summed E-state index contributed by atoms with van der Waals surface area (Å²) in [6.07, 6.45) is 1.44. The number of carboxylic acids is 1. The number of nitrogens with one attached hydrogen (secondary N) is 1. The molecule has 2 aromatic rings. The Labute approximate surface area is 132 Å². The van der Waals surface area contributed by atoms with Crippen LogP contribution >= 0.6 is 11.6 Å². The summed E-state index contributed by atoms with van der Waals surface area (Å²) < 4.78 is 32.5. The lowest BCUT2D eigenvalue weighted by Gasteiger charge is -2.15. The van der Waals surface area contributed by atoms with Crippen molar-refractivity contribution in [2.24, 2.45) is 0 Å². The molecule has 0 amide bonds. The molecule has 0 unspecified atom stereocenters. The van der Waals surface area contributed by atoms with Gasteiger partial charge in [-0.05, 0) is 43.7 Å². The van der Waals surface area contributed by atoms with E-state index in [9.17, 15) is 13.2 Å². The van der Waals surface area contributed by atoms with Gasteiger partial charge in [0, 0.05) is 5.02 Å². The van der Waals surface area contributed by atoms with Crippen LogP contribution in [0.15, 0.2) is 39.8 Å². The summed E-state index contributed by atoms with van der Waals surface area (Å²) >= 11 is 5.83. The molecule has 8 heteroatoms. The van der Waals surface area contributed by atoms with E-state index in [0.29, 0.717) is 5.76 Å². The molecule has 0 aliphatic carbocycles. The quantitative estimate of drug-likeness (QED) is 0.869. The first-order chi connectivity index (χ1) is 10.2. The Hall–Kier alpha value is -1.83. The third kappa shape index (κ3) is 3.32. The normalized spacial score (nSPS) is 13.0. The van der Waals surface area contributed by atoms with Gasteiger partial charge in [-0.1, -0.05) is 11.6 Å². The van der Waals surface area contributed by atoms with Crippen molar-refractivity contribution < 1.29 is 22.7 Å². The van der Waals surface area contributed by atoms with Gasteiger partial charge in [-0.3, -0.25) is 0 Å². The topological polar surface area (TPSA) is 96.6 Å². The molecule has 0 aliphatic heterocycles. The molecule has 2 N–H and O–H groups in total. The van der Waals surface area contributed by atoms with Crippen molar-refractivity contribution >= 4 is 27.6 Å². The zero-order valence-corrected chi connectivity index (χ0v) is 13.4. The molecule has 1 aromatic heterocycles. The Balaban J connectivity index is 2.44. The SMILES string of the molecule is Cc1c(C(=O)O)cc(Cl)cc1S(=O)(=O)N[C@H](C)c1ccco1. The summed E-state index contributed by atoms with van der Waals surface area (Å²) in [6, 6.07) is 5.12. The van der Waals surface area contributed by atoms with Gasteiger partial charge in [0.2, 0.25) is 10.0 Å². The van der Waals surface area contributed by atoms with Crippen molar-refractivity contribution in [3.05, 3.63) is 52.4 Å². The van der Waals surface area contributed by atoms with E-state index in [4.69, 9.17) is 21.1 Å². The van der Waals surface area contributed by atoms with Crippen LogP contribution in [0.2, 0.25) is 5.02 Å². The highest BCUT2D eigenvalue weighted by atomic mass is 35.5. The van der Waals surface area contributed by atoms with Crippen molar-refractivity contribution in [1.82, 2.24) is 4.72 Å². The van der Waals surface area contributed by atoms with Gasteiger partial charge in [0.15, 0.2) is 0 Å². The predicted molar refractivity (Wildman–Crippen MR) is 80.6 cm³/mol. The van der Waals surface area contributed by atoms with Gasteiger partial charge in [-0.15, -0.1) is 0 Å². The Bertz CT molecular complexity index is 799. The second-order valence-corrected chi connectivity index (χ2v) is 6.86. The van der Waals surface area contributed by atoms with Crippen LogP contribution in [0.4, 0.5) is 0 Å². The lowest BCUT2D eigenvalue weighted by molar-refractivity contribution is 0.0696. The highest BCUT2D eigenvalue weighted by Gasteiger charge is 2.25. The lowest BCUT2D eigenvalue weighted by Crippen LogP contribution is -2.27. The standard InChI is InChI=1S/C14H14ClNO5S/c1-8-11(14(17)18)6-10(15)7-13(8)22(19,20)16-9(2)12-4-3-5-21-12/h3-7,9,16H,1-2H3,(H,17,18)/t9-/m1/s1. The number of hydrogen-bond donors (Lipinski definition) is 2. The molecule has 22 heavy (non-hydrogen) atoms. The number of rotatable bonds is 5. The monoisotopic (exact) mass is 343 g/mol. The van der Waals surface area contributed by atoms with Crippen molar-refractivity contribution in [2.75, 3.05) is 0 Å². The summed E-state index contributed by atoms with van der Waals surface area (Å²) in [5.41, 5.74) is -0.0328. The Kier molecular flexibility index (Phi) is 4.60. The average molecular weight is 344 g/mol. The van der Waals surface area contributed by atoms with Gasteiger partial charge in [0.25, 0.3) is 0 Å². The van der Waals surface area contributed by atoms with E-state index < -0.39 is 22.0 Å². The Morgan fingerprint density at radius 3 is 2.64 bits per heavy atom. The summed E-state index contributed by atoms with van der Waals surface area (Å²) in [5.74, 6) is -0.794. The second kappa shape index (κ2) is 6.12. The first-order valence-corrected chi connectivity index (χ1v) is 8.17. The van der Waals surface area contributed by atoms with E-state index in [1.165, 1.54) is 25.3 Å². The molecular formula is C14H14ClNO5S. The minimum Gasteiger partial charge on any atom is -0.478 e. The van der Waals surface area contributed by atoms with Crippen LogP contribution in [0, 0.1) is 6.92 Å². The zero-order chi connectivity index (χ0) is 16.5. The molecule has 0 spiro atoms. The van der Waals surface area contributed by atoms with Gasteiger partial charge >= 0.3 is 5.97 Å². The molecule has 0 aliphatic rings. The Morgan fingerprint density at radius 1 is 1.41 bits per heavy atom. The first-order valence-electron chi connectivity index (χ1n) is 6.31. The highest BCUT2D eigenvalue weighted by Crippen LogP contribution is 2.26. The fourth-order valence-electron chi connectivity index (χ4n) is 2.05. The van der Waals surface area contributed by atoms with Gasteiger partial charge in [-0.25, -0.2) is 17.9 Å². The smallest absolute Gasteiger partial charge is 0.336 e. The van der Waals surface area contributed by atoms with Crippen LogP contribution in [0.3, 0.4) is 0 Å².